The lowest BCUT2D eigenvalue weighted by Gasteiger charge is -2.13. The molecule has 1 N–H and O–H groups in total. The molecule has 0 radical (unpaired) electrons. The molecule has 2 rings (SSSR count). The smallest absolute Gasteiger partial charge is 0.416 e. The summed E-state index contributed by atoms with van der Waals surface area (Å²) in [6, 6.07) is 8.96. The van der Waals surface area contributed by atoms with Gasteiger partial charge < -0.3 is 10.1 Å². The van der Waals surface area contributed by atoms with Gasteiger partial charge in [0, 0.05) is 10.7 Å². The topological polar surface area (TPSA) is 38.3 Å². The molecule has 0 unspecified atom stereocenters. The van der Waals surface area contributed by atoms with Crippen molar-refractivity contribution in [1.29, 1.82) is 0 Å². The van der Waals surface area contributed by atoms with Crippen LogP contribution < -0.4 is 10.1 Å². The summed E-state index contributed by atoms with van der Waals surface area (Å²) in [5.41, 5.74) is -0.640. The van der Waals surface area contributed by atoms with E-state index < -0.39 is 17.6 Å². The van der Waals surface area contributed by atoms with Crippen LogP contribution in [-0.2, 0) is 6.18 Å². The minimum absolute atomic E-state index is 0.0382. The van der Waals surface area contributed by atoms with Gasteiger partial charge in [0.1, 0.15) is 5.75 Å². The Morgan fingerprint density at radius 2 is 1.96 bits per heavy atom. The van der Waals surface area contributed by atoms with Gasteiger partial charge in [0.2, 0.25) is 0 Å². The first-order valence-corrected chi connectivity index (χ1v) is 7.60. The molecule has 0 heterocycles. The Hall–Kier alpha value is -2.21. The Kier molecular flexibility index (Phi) is 5.72. The highest BCUT2D eigenvalue weighted by Gasteiger charge is 2.30. The average Bonchev–Trinajstić information content (AvgIpc) is 2.53. The Balaban J connectivity index is 2.25. The van der Waals surface area contributed by atoms with E-state index in [0.717, 1.165) is 18.6 Å². The van der Waals surface area contributed by atoms with Crippen LogP contribution in [0.15, 0.2) is 42.5 Å². The van der Waals surface area contributed by atoms with Crippen molar-refractivity contribution in [1.82, 2.24) is 0 Å². The van der Waals surface area contributed by atoms with Crippen LogP contribution in [0.3, 0.4) is 0 Å². The van der Waals surface area contributed by atoms with E-state index in [-0.39, 0.29) is 11.3 Å². The fraction of sp³-hybridized carbons (Fsp3) is 0.235. The maximum absolute atomic E-state index is 12.7. The lowest BCUT2D eigenvalue weighted by molar-refractivity contribution is -0.137. The van der Waals surface area contributed by atoms with Gasteiger partial charge in [0.15, 0.2) is 0 Å². The lowest BCUT2D eigenvalue weighted by atomic mass is 10.1. The van der Waals surface area contributed by atoms with Gasteiger partial charge in [0.05, 0.1) is 17.7 Å². The van der Waals surface area contributed by atoms with Crippen molar-refractivity contribution in [2.75, 3.05) is 11.9 Å². The van der Waals surface area contributed by atoms with Crippen molar-refractivity contribution in [3.8, 4) is 5.75 Å². The van der Waals surface area contributed by atoms with Crippen LogP contribution >= 0.6 is 11.6 Å². The molecule has 0 aromatic heterocycles. The summed E-state index contributed by atoms with van der Waals surface area (Å²) in [7, 11) is 0. The molecular formula is C17H15ClF3NO2. The first kappa shape index (κ1) is 18.1. The third kappa shape index (κ3) is 4.64. The number of halogens is 4. The van der Waals surface area contributed by atoms with Crippen molar-refractivity contribution >= 4 is 23.2 Å². The number of anilines is 1. The highest BCUT2D eigenvalue weighted by Crippen LogP contribution is 2.31. The van der Waals surface area contributed by atoms with Crippen LogP contribution in [0.25, 0.3) is 0 Å². The van der Waals surface area contributed by atoms with Crippen molar-refractivity contribution in [2.45, 2.75) is 19.5 Å². The van der Waals surface area contributed by atoms with Crippen LogP contribution in [-0.4, -0.2) is 12.5 Å². The number of amides is 1. The van der Waals surface area contributed by atoms with Gasteiger partial charge in [-0.1, -0.05) is 24.6 Å². The van der Waals surface area contributed by atoms with E-state index in [1.165, 1.54) is 18.2 Å². The van der Waals surface area contributed by atoms with E-state index in [1.54, 1.807) is 12.1 Å². The first-order valence-electron chi connectivity index (χ1n) is 7.22. The summed E-state index contributed by atoms with van der Waals surface area (Å²) in [5, 5.41) is 2.76. The van der Waals surface area contributed by atoms with Crippen molar-refractivity contribution in [3.63, 3.8) is 0 Å². The molecule has 3 nitrogen and oxygen atoms in total. The Bertz CT molecular complexity index is 732. The third-order valence-corrected chi connectivity index (χ3v) is 3.33. The summed E-state index contributed by atoms with van der Waals surface area (Å²) in [6.07, 6.45) is -3.73. The molecule has 2 aromatic carbocycles. The first-order chi connectivity index (χ1) is 11.3. The van der Waals surface area contributed by atoms with Crippen LogP contribution in [0.4, 0.5) is 18.9 Å². The van der Waals surface area contributed by atoms with E-state index >= 15 is 0 Å². The molecule has 0 aliphatic carbocycles. The van der Waals surface area contributed by atoms with Gasteiger partial charge in [-0.3, -0.25) is 4.79 Å². The molecule has 2 aromatic rings. The second-order valence-electron chi connectivity index (χ2n) is 5.02. The predicted octanol–water partition coefficient (Wildman–Crippen LogP) is 5.40. The minimum Gasteiger partial charge on any atom is -0.493 e. The number of benzene rings is 2. The third-order valence-electron chi connectivity index (χ3n) is 3.10. The molecule has 0 atom stereocenters. The molecule has 24 heavy (non-hydrogen) atoms. The standard InChI is InChI=1S/C17H15ClF3NO2/c1-2-8-24-15-7-6-12(18)10-14(15)16(23)22-13-5-3-4-11(9-13)17(19,20)21/h3-7,9-10H,2,8H2,1H3,(H,22,23). The number of carbonyl (C=O) groups excluding carboxylic acids is 1. The zero-order valence-corrected chi connectivity index (χ0v) is 13.5. The van der Waals surface area contributed by atoms with Gasteiger partial charge in [0.25, 0.3) is 5.91 Å². The summed E-state index contributed by atoms with van der Waals surface area (Å²) >= 11 is 5.90. The maximum Gasteiger partial charge on any atom is 0.416 e. The normalized spacial score (nSPS) is 11.2. The number of hydrogen-bond acceptors (Lipinski definition) is 2. The predicted molar refractivity (Wildman–Crippen MR) is 86.6 cm³/mol. The Morgan fingerprint density at radius 3 is 2.62 bits per heavy atom. The molecule has 0 bridgehead atoms. The Labute approximate surface area is 142 Å². The van der Waals surface area contributed by atoms with Crippen LogP contribution in [0, 0.1) is 0 Å². The molecule has 7 heteroatoms. The van der Waals surface area contributed by atoms with Crippen molar-refractivity contribution in [3.05, 3.63) is 58.6 Å². The molecule has 128 valence electrons. The van der Waals surface area contributed by atoms with Crippen LogP contribution in [0.5, 0.6) is 5.75 Å². The zero-order valence-electron chi connectivity index (χ0n) is 12.8. The van der Waals surface area contributed by atoms with Crippen molar-refractivity contribution < 1.29 is 22.7 Å². The number of rotatable bonds is 5. The number of hydrogen-bond donors (Lipinski definition) is 1. The molecule has 0 saturated carbocycles. The second kappa shape index (κ2) is 7.57. The highest BCUT2D eigenvalue weighted by atomic mass is 35.5. The van der Waals surface area contributed by atoms with Gasteiger partial charge in [-0.25, -0.2) is 0 Å². The van der Waals surface area contributed by atoms with Gasteiger partial charge >= 0.3 is 6.18 Å². The molecule has 0 saturated heterocycles. The summed E-state index contributed by atoms with van der Waals surface area (Å²) in [6.45, 7) is 2.32. The van der Waals surface area contributed by atoms with E-state index in [4.69, 9.17) is 16.3 Å². The fourth-order valence-corrected chi connectivity index (χ4v) is 2.16. The number of carbonyl (C=O) groups is 1. The minimum atomic E-state index is -4.48. The molecule has 0 fully saturated rings. The maximum atomic E-state index is 12.7. The molecule has 0 aliphatic rings. The molecular weight excluding hydrogens is 343 g/mol. The van der Waals surface area contributed by atoms with Crippen molar-refractivity contribution in [2.24, 2.45) is 0 Å². The van der Waals surface area contributed by atoms with Crippen LogP contribution in [0.2, 0.25) is 5.02 Å². The summed E-state index contributed by atoms with van der Waals surface area (Å²) in [4.78, 5) is 12.4. The van der Waals surface area contributed by atoms with E-state index in [2.05, 4.69) is 5.32 Å². The SMILES string of the molecule is CCCOc1ccc(Cl)cc1C(=O)Nc1cccc(C(F)(F)F)c1. The lowest BCUT2D eigenvalue weighted by Crippen LogP contribution is -2.15. The molecule has 0 aliphatic heterocycles. The van der Waals surface area contributed by atoms with Crippen LogP contribution in [0.1, 0.15) is 29.3 Å². The number of nitrogens with one attached hydrogen (secondary N) is 1. The molecule has 1 amide bonds. The van der Waals surface area contributed by atoms with Gasteiger partial charge in [-0.2, -0.15) is 13.2 Å². The average molecular weight is 358 g/mol. The summed E-state index contributed by atoms with van der Waals surface area (Å²) in [5.74, 6) is -0.270. The number of ether oxygens (including phenoxy) is 1. The largest absolute Gasteiger partial charge is 0.493 e. The van der Waals surface area contributed by atoms with E-state index in [0.29, 0.717) is 17.4 Å². The monoisotopic (exact) mass is 357 g/mol. The van der Waals surface area contributed by atoms with E-state index in [1.807, 2.05) is 6.92 Å². The second-order valence-corrected chi connectivity index (χ2v) is 5.46. The van der Waals surface area contributed by atoms with E-state index in [9.17, 15) is 18.0 Å². The fourth-order valence-electron chi connectivity index (χ4n) is 1.99. The number of alkyl halides is 3. The van der Waals surface area contributed by atoms with Gasteiger partial charge in [-0.15, -0.1) is 0 Å². The highest BCUT2D eigenvalue weighted by molar-refractivity contribution is 6.31. The summed E-state index contributed by atoms with van der Waals surface area (Å²) < 4.78 is 43.7. The molecule has 0 spiro atoms. The van der Waals surface area contributed by atoms with Gasteiger partial charge in [-0.05, 0) is 42.8 Å². The zero-order chi connectivity index (χ0) is 17.7. The Morgan fingerprint density at radius 1 is 1.21 bits per heavy atom. The quantitative estimate of drug-likeness (QED) is 0.778.